The minimum atomic E-state index is -0.271. The molecule has 2 nitrogen and oxygen atoms in total. The van der Waals surface area contributed by atoms with Gasteiger partial charge in [-0.1, -0.05) is 22.0 Å². The monoisotopic (exact) mass is 304 g/mol. The number of nitrogens with one attached hydrogen (secondary N) is 1. The summed E-state index contributed by atoms with van der Waals surface area (Å²) in [7, 11) is 0. The molecule has 0 bridgehead atoms. The molecule has 0 aliphatic heterocycles. The van der Waals surface area contributed by atoms with E-state index in [0.29, 0.717) is 16.6 Å². The molecule has 1 N–H and O–H groups in total. The second-order valence-electron chi connectivity index (χ2n) is 3.82. The van der Waals surface area contributed by atoms with Crippen molar-refractivity contribution in [1.29, 1.82) is 5.26 Å². The zero-order chi connectivity index (χ0) is 13.0. The van der Waals surface area contributed by atoms with Crippen LogP contribution in [-0.4, -0.2) is 0 Å². The summed E-state index contributed by atoms with van der Waals surface area (Å²) in [5.41, 5.74) is 2.28. The summed E-state index contributed by atoms with van der Waals surface area (Å²) in [6.45, 7) is 0.505. The molecule has 0 radical (unpaired) electrons. The molecule has 0 heterocycles. The second-order valence-corrected chi connectivity index (χ2v) is 4.74. The molecule has 0 fully saturated rings. The van der Waals surface area contributed by atoms with Gasteiger partial charge in [0, 0.05) is 16.7 Å². The maximum absolute atomic E-state index is 13.2. The zero-order valence-corrected chi connectivity index (χ0v) is 11.0. The van der Waals surface area contributed by atoms with Gasteiger partial charge in [0.1, 0.15) is 5.82 Å². The van der Waals surface area contributed by atoms with Crippen molar-refractivity contribution >= 4 is 21.6 Å². The van der Waals surface area contributed by atoms with Crippen LogP contribution < -0.4 is 5.32 Å². The Kier molecular flexibility index (Phi) is 3.96. The number of anilines is 1. The summed E-state index contributed by atoms with van der Waals surface area (Å²) in [5, 5.41) is 11.9. The van der Waals surface area contributed by atoms with Crippen LogP contribution in [0.15, 0.2) is 46.9 Å². The van der Waals surface area contributed by atoms with Crippen molar-refractivity contribution in [1.82, 2.24) is 0 Å². The molecule has 4 heteroatoms. The lowest BCUT2D eigenvalue weighted by Crippen LogP contribution is -2.00. The van der Waals surface area contributed by atoms with E-state index in [4.69, 9.17) is 5.26 Å². The van der Waals surface area contributed by atoms with Gasteiger partial charge in [0.15, 0.2) is 0 Å². The summed E-state index contributed by atoms with van der Waals surface area (Å²) in [4.78, 5) is 0. The van der Waals surface area contributed by atoms with Crippen molar-refractivity contribution in [3.63, 3.8) is 0 Å². The number of hydrogen-bond donors (Lipinski definition) is 1. The number of nitriles is 1. The summed E-state index contributed by atoms with van der Waals surface area (Å²) in [5.74, 6) is -0.271. The third-order valence-electron chi connectivity index (χ3n) is 2.41. The van der Waals surface area contributed by atoms with Crippen LogP contribution in [-0.2, 0) is 6.54 Å². The van der Waals surface area contributed by atoms with Crippen molar-refractivity contribution < 1.29 is 4.39 Å². The number of nitrogens with zero attached hydrogens (tertiary/aromatic N) is 1. The summed E-state index contributed by atoms with van der Waals surface area (Å²) < 4.78 is 13.9. The molecular formula is C14H10BrFN2. The van der Waals surface area contributed by atoms with Gasteiger partial charge in [0.05, 0.1) is 11.6 Å². The normalized spacial score (nSPS) is 9.83. The van der Waals surface area contributed by atoms with Crippen LogP contribution >= 0.6 is 15.9 Å². The lowest BCUT2D eigenvalue weighted by atomic mass is 10.2. The third-order valence-corrected chi connectivity index (χ3v) is 2.87. The zero-order valence-electron chi connectivity index (χ0n) is 9.45. The van der Waals surface area contributed by atoms with Gasteiger partial charge in [0.2, 0.25) is 0 Å². The fourth-order valence-corrected chi connectivity index (χ4v) is 2.13. The van der Waals surface area contributed by atoms with E-state index in [2.05, 4.69) is 27.3 Å². The fraction of sp³-hybridized carbons (Fsp3) is 0.0714. The van der Waals surface area contributed by atoms with Gasteiger partial charge >= 0.3 is 0 Å². The Bertz CT molecular complexity index is 585. The highest BCUT2D eigenvalue weighted by Gasteiger charge is 2.00. The molecule has 0 saturated carbocycles. The lowest BCUT2D eigenvalue weighted by Gasteiger charge is -2.07. The average Bonchev–Trinajstić information content (AvgIpc) is 2.35. The van der Waals surface area contributed by atoms with E-state index in [1.54, 1.807) is 12.1 Å². The van der Waals surface area contributed by atoms with E-state index in [9.17, 15) is 4.39 Å². The van der Waals surface area contributed by atoms with Gasteiger partial charge in [0.25, 0.3) is 0 Å². The first-order valence-electron chi connectivity index (χ1n) is 5.36. The van der Waals surface area contributed by atoms with Gasteiger partial charge in [-0.05, 0) is 42.0 Å². The van der Waals surface area contributed by atoms with Crippen LogP contribution in [0.5, 0.6) is 0 Å². The first-order chi connectivity index (χ1) is 8.67. The molecule has 2 rings (SSSR count). The van der Waals surface area contributed by atoms with Gasteiger partial charge in [-0.3, -0.25) is 0 Å². The molecule has 2 aromatic carbocycles. The smallest absolute Gasteiger partial charge is 0.124 e. The standard InChI is InChI=1S/C14H10BrFN2/c15-12-4-11(5-13(16)7-12)9-18-14-3-1-2-10(6-14)8-17/h1-7,18H,9H2. The van der Waals surface area contributed by atoms with Crippen molar-refractivity contribution in [2.24, 2.45) is 0 Å². The predicted octanol–water partition coefficient (Wildman–Crippen LogP) is 4.07. The van der Waals surface area contributed by atoms with Crippen LogP contribution in [0.1, 0.15) is 11.1 Å². The quantitative estimate of drug-likeness (QED) is 0.927. The Morgan fingerprint density at radius 3 is 2.78 bits per heavy atom. The largest absolute Gasteiger partial charge is 0.381 e. The summed E-state index contributed by atoms with van der Waals surface area (Å²) in [6, 6.07) is 14.0. The Morgan fingerprint density at radius 1 is 1.22 bits per heavy atom. The molecule has 2 aromatic rings. The maximum Gasteiger partial charge on any atom is 0.124 e. The SMILES string of the molecule is N#Cc1cccc(NCc2cc(F)cc(Br)c2)c1. The Hall–Kier alpha value is -1.86. The van der Waals surface area contributed by atoms with Gasteiger partial charge in [-0.25, -0.2) is 4.39 Å². The first-order valence-corrected chi connectivity index (χ1v) is 6.16. The van der Waals surface area contributed by atoms with Crippen LogP contribution in [0.2, 0.25) is 0 Å². The first kappa shape index (κ1) is 12.6. The molecule has 18 heavy (non-hydrogen) atoms. The van der Waals surface area contributed by atoms with Crippen molar-refractivity contribution in [3.8, 4) is 6.07 Å². The Balaban J connectivity index is 2.09. The Morgan fingerprint density at radius 2 is 2.06 bits per heavy atom. The van der Waals surface area contributed by atoms with E-state index in [-0.39, 0.29) is 5.82 Å². The van der Waals surface area contributed by atoms with Crippen LogP contribution in [0, 0.1) is 17.1 Å². The highest BCUT2D eigenvalue weighted by atomic mass is 79.9. The van der Waals surface area contributed by atoms with Crippen LogP contribution in [0.4, 0.5) is 10.1 Å². The molecule has 0 spiro atoms. The number of benzene rings is 2. The van der Waals surface area contributed by atoms with Crippen LogP contribution in [0.25, 0.3) is 0 Å². The van der Waals surface area contributed by atoms with Crippen molar-refractivity contribution in [2.45, 2.75) is 6.54 Å². The van der Waals surface area contributed by atoms with E-state index in [0.717, 1.165) is 11.3 Å². The van der Waals surface area contributed by atoms with Gasteiger partial charge in [-0.2, -0.15) is 5.26 Å². The van der Waals surface area contributed by atoms with Crippen molar-refractivity contribution in [2.75, 3.05) is 5.32 Å². The fourth-order valence-electron chi connectivity index (χ4n) is 1.62. The molecule has 0 aliphatic rings. The summed E-state index contributed by atoms with van der Waals surface area (Å²) in [6.07, 6.45) is 0. The molecule has 90 valence electrons. The molecule has 0 aromatic heterocycles. The highest BCUT2D eigenvalue weighted by molar-refractivity contribution is 9.10. The second kappa shape index (κ2) is 5.65. The molecule has 0 atom stereocenters. The molecular weight excluding hydrogens is 295 g/mol. The van der Waals surface area contributed by atoms with E-state index in [1.165, 1.54) is 12.1 Å². The minimum absolute atomic E-state index is 0.271. The highest BCUT2D eigenvalue weighted by Crippen LogP contribution is 2.17. The summed E-state index contributed by atoms with van der Waals surface area (Å²) >= 11 is 3.25. The van der Waals surface area contributed by atoms with Crippen LogP contribution in [0.3, 0.4) is 0 Å². The molecule has 0 unspecified atom stereocenters. The predicted molar refractivity (Wildman–Crippen MR) is 72.6 cm³/mol. The molecule has 0 aliphatic carbocycles. The molecule has 0 saturated heterocycles. The minimum Gasteiger partial charge on any atom is -0.381 e. The number of rotatable bonds is 3. The number of hydrogen-bond acceptors (Lipinski definition) is 2. The number of halogens is 2. The van der Waals surface area contributed by atoms with Gasteiger partial charge < -0.3 is 5.32 Å². The van der Waals surface area contributed by atoms with E-state index < -0.39 is 0 Å². The third kappa shape index (κ3) is 3.31. The van der Waals surface area contributed by atoms with E-state index >= 15 is 0 Å². The lowest BCUT2D eigenvalue weighted by molar-refractivity contribution is 0.625. The maximum atomic E-state index is 13.2. The topological polar surface area (TPSA) is 35.8 Å². The average molecular weight is 305 g/mol. The Labute approximate surface area is 113 Å². The van der Waals surface area contributed by atoms with Crippen molar-refractivity contribution in [3.05, 3.63) is 63.9 Å². The van der Waals surface area contributed by atoms with Gasteiger partial charge in [-0.15, -0.1) is 0 Å². The van der Waals surface area contributed by atoms with E-state index in [1.807, 2.05) is 18.2 Å². The molecule has 0 amide bonds.